The number of aromatic amines is 1. The van der Waals surface area contributed by atoms with Gasteiger partial charge in [-0.2, -0.15) is 0 Å². The Hall–Kier alpha value is -1.24. The van der Waals surface area contributed by atoms with E-state index in [0.717, 1.165) is 10.5 Å². The lowest BCUT2D eigenvalue weighted by atomic mass is 10.2. The van der Waals surface area contributed by atoms with Crippen LogP contribution in [0.1, 0.15) is 25.5 Å². The van der Waals surface area contributed by atoms with Crippen molar-refractivity contribution >= 4 is 23.4 Å². The van der Waals surface area contributed by atoms with Gasteiger partial charge in [0.15, 0.2) is 5.16 Å². The molecule has 5 nitrogen and oxygen atoms in total. The summed E-state index contributed by atoms with van der Waals surface area (Å²) in [6.07, 6.45) is 0. The molecule has 0 atom stereocenters. The number of H-pyrrole nitrogens is 1. The van der Waals surface area contributed by atoms with Crippen LogP contribution in [0.2, 0.25) is 5.02 Å². The zero-order chi connectivity index (χ0) is 14.0. The Bertz CT molecular complexity index is 636. The van der Waals surface area contributed by atoms with Crippen LogP contribution in [0.15, 0.2) is 33.0 Å². The van der Waals surface area contributed by atoms with Crippen LogP contribution < -0.4 is 5.69 Å². The molecule has 0 fully saturated rings. The third kappa shape index (κ3) is 3.02. The van der Waals surface area contributed by atoms with Gasteiger partial charge < -0.3 is 5.11 Å². The molecule has 0 bridgehead atoms. The number of hydrogen-bond donors (Lipinski definition) is 2. The number of hydrogen-bond acceptors (Lipinski definition) is 4. The first-order valence-electron chi connectivity index (χ1n) is 5.77. The molecule has 102 valence electrons. The highest BCUT2D eigenvalue weighted by molar-refractivity contribution is 7.99. The lowest BCUT2D eigenvalue weighted by molar-refractivity contribution is 0.279. The predicted molar refractivity (Wildman–Crippen MR) is 74.7 cm³/mol. The van der Waals surface area contributed by atoms with Crippen molar-refractivity contribution in [2.75, 3.05) is 0 Å². The molecule has 1 aromatic heterocycles. The number of aliphatic hydroxyl groups is 1. The molecule has 7 heteroatoms. The van der Waals surface area contributed by atoms with Crippen LogP contribution in [0.25, 0.3) is 0 Å². The van der Waals surface area contributed by atoms with Gasteiger partial charge in [-0.25, -0.2) is 9.89 Å². The number of aliphatic hydroxyl groups excluding tert-OH is 1. The molecule has 19 heavy (non-hydrogen) atoms. The van der Waals surface area contributed by atoms with E-state index in [9.17, 15) is 9.90 Å². The Kier molecular flexibility index (Phi) is 4.34. The maximum atomic E-state index is 11.6. The number of nitrogens with one attached hydrogen (secondary N) is 1. The maximum absolute atomic E-state index is 11.6. The molecule has 2 N–H and O–H groups in total. The van der Waals surface area contributed by atoms with Gasteiger partial charge in [-0.05, 0) is 43.3 Å². The Morgan fingerprint density at radius 2 is 2.26 bits per heavy atom. The van der Waals surface area contributed by atoms with Crippen LogP contribution in [-0.4, -0.2) is 19.9 Å². The summed E-state index contributed by atoms with van der Waals surface area (Å²) in [6.45, 7) is 3.73. The average molecular weight is 300 g/mol. The van der Waals surface area contributed by atoms with E-state index in [4.69, 9.17) is 11.6 Å². The maximum Gasteiger partial charge on any atom is 0.344 e. The fourth-order valence-corrected chi connectivity index (χ4v) is 3.04. The first-order chi connectivity index (χ1) is 9.02. The van der Waals surface area contributed by atoms with Crippen molar-refractivity contribution < 1.29 is 5.11 Å². The van der Waals surface area contributed by atoms with E-state index in [1.54, 1.807) is 22.8 Å². The molecule has 0 saturated heterocycles. The molecule has 0 aliphatic heterocycles. The first kappa shape index (κ1) is 14.2. The van der Waals surface area contributed by atoms with Gasteiger partial charge in [0, 0.05) is 16.0 Å². The Morgan fingerprint density at radius 3 is 2.89 bits per heavy atom. The molecule has 1 aromatic carbocycles. The van der Waals surface area contributed by atoms with E-state index in [0.29, 0.717) is 10.2 Å². The van der Waals surface area contributed by atoms with Gasteiger partial charge in [-0.3, -0.25) is 4.57 Å². The lowest BCUT2D eigenvalue weighted by Crippen LogP contribution is -2.19. The summed E-state index contributed by atoms with van der Waals surface area (Å²) in [5, 5.41) is 16.9. The Balaban J connectivity index is 2.41. The fourth-order valence-electron chi connectivity index (χ4n) is 1.67. The van der Waals surface area contributed by atoms with Crippen LogP contribution in [0, 0.1) is 0 Å². The van der Waals surface area contributed by atoms with Crippen LogP contribution in [-0.2, 0) is 6.61 Å². The van der Waals surface area contributed by atoms with Crippen molar-refractivity contribution in [1.82, 2.24) is 14.8 Å². The van der Waals surface area contributed by atoms with E-state index in [1.807, 2.05) is 13.8 Å². The minimum Gasteiger partial charge on any atom is -0.392 e. The van der Waals surface area contributed by atoms with Gasteiger partial charge in [0.25, 0.3) is 0 Å². The largest absolute Gasteiger partial charge is 0.392 e. The number of rotatable bonds is 4. The summed E-state index contributed by atoms with van der Waals surface area (Å²) >= 11 is 7.26. The SMILES string of the molecule is CC(C)n1c(Sc2cc(Cl)ccc2CO)n[nH]c1=O. The second kappa shape index (κ2) is 5.81. The molecule has 0 radical (unpaired) electrons. The number of nitrogens with zero attached hydrogens (tertiary/aromatic N) is 2. The fraction of sp³-hybridized carbons (Fsp3) is 0.333. The third-order valence-corrected chi connectivity index (χ3v) is 3.89. The van der Waals surface area contributed by atoms with Gasteiger partial charge in [0.05, 0.1) is 6.61 Å². The van der Waals surface area contributed by atoms with Crippen molar-refractivity contribution in [3.63, 3.8) is 0 Å². The second-order valence-corrected chi connectivity index (χ2v) is 5.73. The third-order valence-electron chi connectivity index (χ3n) is 2.59. The van der Waals surface area contributed by atoms with Gasteiger partial charge in [-0.15, -0.1) is 5.10 Å². The summed E-state index contributed by atoms with van der Waals surface area (Å²) in [4.78, 5) is 12.4. The van der Waals surface area contributed by atoms with Crippen LogP contribution in [0.3, 0.4) is 0 Å². The molecule has 0 aliphatic carbocycles. The van der Waals surface area contributed by atoms with Crippen LogP contribution >= 0.6 is 23.4 Å². The highest BCUT2D eigenvalue weighted by Gasteiger charge is 2.14. The van der Waals surface area contributed by atoms with Gasteiger partial charge in [0.1, 0.15) is 0 Å². The second-order valence-electron chi connectivity index (χ2n) is 4.29. The topological polar surface area (TPSA) is 70.9 Å². The zero-order valence-electron chi connectivity index (χ0n) is 10.6. The molecular formula is C12H14ClN3O2S. The van der Waals surface area contributed by atoms with E-state index in [2.05, 4.69) is 10.2 Å². The summed E-state index contributed by atoms with van der Waals surface area (Å²) in [7, 11) is 0. The van der Waals surface area contributed by atoms with Gasteiger partial charge in [-0.1, -0.05) is 17.7 Å². The van der Waals surface area contributed by atoms with E-state index >= 15 is 0 Å². The van der Waals surface area contributed by atoms with Crippen molar-refractivity contribution in [2.45, 2.75) is 36.5 Å². The summed E-state index contributed by atoms with van der Waals surface area (Å²) in [5.74, 6) is 0. The molecule has 0 saturated carbocycles. The first-order valence-corrected chi connectivity index (χ1v) is 6.96. The summed E-state index contributed by atoms with van der Waals surface area (Å²) in [6, 6.07) is 5.24. The van der Waals surface area contributed by atoms with Crippen molar-refractivity contribution in [3.05, 3.63) is 39.3 Å². The van der Waals surface area contributed by atoms with Crippen LogP contribution in [0.5, 0.6) is 0 Å². The molecule has 2 aromatic rings. The number of halogens is 1. The number of benzene rings is 1. The standard InChI is InChI=1S/C12H14ClN3O2S/c1-7(2)16-11(18)14-15-12(16)19-10-5-9(13)4-3-8(10)6-17/h3-5,7,17H,6H2,1-2H3,(H,14,18). The minimum absolute atomic E-state index is 0.00510. The molecule has 0 aliphatic rings. The highest BCUT2D eigenvalue weighted by Crippen LogP contribution is 2.31. The van der Waals surface area contributed by atoms with E-state index in [-0.39, 0.29) is 18.3 Å². The summed E-state index contributed by atoms with van der Waals surface area (Å²) in [5.41, 5.74) is 0.505. The van der Waals surface area contributed by atoms with Gasteiger partial charge >= 0.3 is 5.69 Å². The van der Waals surface area contributed by atoms with E-state index in [1.165, 1.54) is 11.8 Å². The highest BCUT2D eigenvalue weighted by atomic mass is 35.5. The van der Waals surface area contributed by atoms with Crippen LogP contribution in [0.4, 0.5) is 0 Å². The van der Waals surface area contributed by atoms with Crippen molar-refractivity contribution in [2.24, 2.45) is 0 Å². The number of aromatic nitrogens is 3. The zero-order valence-corrected chi connectivity index (χ0v) is 12.1. The predicted octanol–water partition coefficient (Wildman–Crippen LogP) is 2.45. The van der Waals surface area contributed by atoms with Crippen molar-refractivity contribution in [3.8, 4) is 0 Å². The summed E-state index contributed by atoms with van der Waals surface area (Å²) < 4.78 is 1.56. The average Bonchev–Trinajstić information content (AvgIpc) is 2.71. The smallest absolute Gasteiger partial charge is 0.344 e. The van der Waals surface area contributed by atoms with Crippen molar-refractivity contribution in [1.29, 1.82) is 0 Å². The molecule has 0 spiro atoms. The molecule has 0 unspecified atom stereocenters. The van der Waals surface area contributed by atoms with Gasteiger partial charge in [0.2, 0.25) is 0 Å². The Labute approximate surface area is 119 Å². The van der Waals surface area contributed by atoms with E-state index < -0.39 is 0 Å². The molecule has 0 amide bonds. The Morgan fingerprint density at radius 1 is 1.53 bits per heavy atom. The molecule has 2 rings (SSSR count). The molecular weight excluding hydrogens is 286 g/mol. The molecule has 1 heterocycles. The normalized spacial score (nSPS) is 11.2. The monoisotopic (exact) mass is 299 g/mol. The quantitative estimate of drug-likeness (QED) is 0.910. The lowest BCUT2D eigenvalue weighted by Gasteiger charge is -2.10. The minimum atomic E-state index is -0.245.